The average Bonchev–Trinajstić information content (AvgIpc) is 2.90. The summed E-state index contributed by atoms with van der Waals surface area (Å²) in [5.74, 6) is 0.554. The Morgan fingerprint density at radius 2 is 1.87 bits per heavy atom. The van der Waals surface area contributed by atoms with E-state index in [1.54, 1.807) is 25.3 Å². The normalized spacial score (nSPS) is 15.3. The first kappa shape index (κ1) is 26.7. The molecule has 10 heteroatoms. The zero-order chi connectivity index (χ0) is 27.8. The first-order chi connectivity index (χ1) is 18.5. The second-order valence-electron chi connectivity index (χ2n) is 10.6. The highest BCUT2D eigenvalue weighted by molar-refractivity contribution is 7.90. The number of nitrogens with zero attached hydrogens (tertiary/aromatic N) is 4. The summed E-state index contributed by atoms with van der Waals surface area (Å²) < 4.78 is 24.1. The fourth-order valence-corrected chi connectivity index (χ4v) is 5.78. The minimum Gasteiger partial charge on any atom is -0.353 e. The predicted octanol–water partition coefficient (Wildman–Crippen LogP) is 3.52. The van der Waals surface area contributed by atoms with Crippen molar-refractivity contribution in [2.24, 2.45) is 0 Å². The van der Waals surface area contributed by atoms with E-state index in [0.29, 0.717) is 11.3 Å². The minimum atomic E-state index is -3.43. The average molecular weight is 545 g/mol. The molecule has 1 aliphatic rings. The molecule has 1 amide bonds. The molecule has 0 atom stereocenters. The van der Waals surface area contributed by atoms with Gasteiger partial charge in [0, 0.05) is 48.6 Å². The molecule has 0 spiro atoms. The lowest BCUT2D eigenvalue weighted by Gasteiger charge is -2.39. The van der Waals surface area contributed by atoms with E-state index in [1.807, 2.05) is 36.4 Å². The Labute approximate surface area is 228 Å². The molecule has 4 aromatic rings. The molecule has 1 saturated heterocycles. The number of rotatable bonds is 6. The summed E-state index contributed by atoms with van der Waals surface area (Å²) >= 11 is 0. The lowest BCUT2D eigenvalue weighted by Crippen LogP contribution is -2.57. The number of carbonyl (C=O) groups is 1. The topological polar surface area (TPSA) is 117 Å². The maximum Gasteiger partial charge on any atom is 0.251 e. The van der Waals surface area contributed by atoms with E-state index in [2.05, 4.69) is 34.4 Å². The summed E-state index contributed by atoms with van der Waals surface area (Å²) in [6.07, 6.45) is 2.86. The van der Waals surface area contributed by atoms with E-state index in [9.17, 15) is 13.2 Å². The summed E-state index contributed by atoms with van der Waals surface area (Å²) in [6.45, 7) is 8.93. The van der Waals surface area contributed by atoms with Crippen LogP contribution in [0.25, 0.3) is 22.3 Å². The molecule has 1 aliphatic heterocycles. The van der Waals surface area contributed by atoms with Gasteiger partial charge in [-0.2, -0.15) is 0 Å². The van der Waals surface area contributed by atoms with Crippen molar-refractivity contribution >= 4 is 32.5 Å². The Hall–Kier alpha value is -3.89. The van der Waals surface area contributed by atoms with Crippen LogP contribution in [0.4, 0.5) is 5.82 Å². The van der Waals surface area contributed by atoms with E-state index in [4.69, 9.17) is 9.97 Å². The SMILES string of the molecule is Cc1ccc(C(=O)NCc2cc3nc(-c4cccc(N5CCNC(C)(C)C5)n4)ccc3cn2)cc1S(C)(=O)=O. The number of hydrogen-bond donors (Lipinski definition) is 2. The third-order valence-corrected chi connectivity index (χ3v) is 8.04. The van der Waals surface area contributed by atoms with Crippen molar-refractivity contribution in [3.8, 4) is 11.4 Å². The molecule has 9 nitrogen and oxygen atoms in total. The molecule has 0 unspecified atom stereocenters. The van der Waals surface area contributed by atoms with Crippen LogP contribution in [-0.4, -0.2) is 60.7 Å². The van der Waals surface area contributed by atoms with Gasteiger partial charge in [0.15, 0.2) is 9.84 Å². The highest BCUT2D eigenvalue weighted by Gasteiger charge is 2.26. The Morgan fingerprint density at radius 3 is 2.64 bits per heavy atom. The smallest absolute Gasteiger partial charge is 0.251 e. The van der Waals surface area contributed by atoms with Gasteiger partial charge in [-0.3, -0.25) is 9.78 Å². The van der Waals surface area contributed by atoms with Crippen LogP contribution in [0.3, 0.4) is 0 Å². The number of anilines is 1. The Balaban J connectivity index is 1.34. The van der Waals surface area contributed by atoms with Crippen molar-refractivity contribution in [2.75, 3.05) is 30.8 Å². The first-order valence-corrected chi connectivity index (χ1v) is 14.7. The quantitative estimate of drug-likeness (QED) is 0.379. The predicted molar refractivity (Wildman–Crippen MR) is 153 cm³/mol. The number of piperazine rings is 1. The Kier molecular flexibility index (Phi) is 7.09. The van der Waals surface area contributed by atoms with Gasteiger partial charge in [0.2, 0.25) is 0 Å². The van der Waals surface area contributed by atoms with Crippen molar-refractivity contribution in [2.45, 2.75) is 37.8 Å². The number of aromatic nitrogens is 3. The minimum absolute atomic E-state index is 0.0192. The molecular formula is C29H32N6O3S. The van der Waals surface area contributed by atoms with Crippen LogP contribution in [-0.2, 0) is 16.4 Å². The van der Waals surface area contributed by atoms with Crippen LogP contribution in [0.2, 0.25) is 0 Å². The van der Waals surface area contributed by atoms with Crippen molar-refractivity contribution in [3.05, 3.63) is 77.6 Å². The number of fused-ring (bicyclic) bond motifs is 1. The standard InChI is InChI=1S/C29H32N6O3S/c1-19-8-9-20(14-26(19)39(4,37)38)28(36)31-17-22-15-25-21(16-30-22)10-11-24(33-25)23-6-5-7-27(34-23)35-13-12-32-29(2,3)18-35/h5-11,14-16,32H,12-13,17-18H2,1-4H3,(H,31,36). The Morgan fingerprint density at radius 1 is 1.08 bits per heavy atom. The number of pyridine rings is 3. The number of hydrogen-bond acceptors (Lipinski definition) is 8. The second kappa shape index (κ2) is 10.3. The second-order valence-corrected chi connectivity index (χ2v) is 12.6. The van der Waals surface area contributed by atoms with Gasteiger partial charge in [-0.05, 0) is 68.8 Å². The van der Waals surface area contributed by atoms with Crippen LogP contribution in [0.5, 0.6) is 0 Å². The molecule has 0 saturated carbocycles. The number of benzene rings is 1. The van der Waals surface area contributed by atoms with E-state index in [-0.39, 0.29) is 28.4 Å². The maximum atomic E-state index is 12.7. The summed E-state index contributed by atoms with van der Waals surface area (Å²) in [4.78, 5) is 29.4. The Bertz CT molecular complexity index is 1670. The third-order valence-electron chi connectivity index (χ3n) is 6.80. The fraction of sp³-hybridized carbons (Fsp3) is 0.310. The summed E-state index contributed by atoms with van der Waals surface area (Å²) in [5, 5.41) is 7.24. The molecule has 3 aromatic heterocycles. The lowest BCUT2D eigenvalue weighted by molar-refractivity contribution is 0.0950. The summed E-state index contributed by atoms with van der Waals surface area (Å²) in [7, 11) is -3.43. The van der Waals surface area contributed by atoms with E-state index in [0.717, 1.165) is 54.0 Å². The monoisotopic (exact) mass is 544 g/mol. The van der Waals surface area contributed by atoms with Gasteiger partial charge in [0.1, 0.15) is 5.82 Å². The number of amides is 1. The van der Waals surface area contributed by atoms with Crippen LogP contribution in [0.15, 0.2) is 65.7 Å². The molecule has 39 heavy (non-hydrogen) atoms. The van der Waals surface area contributed by atoms with E-state index < -0.39 is 9.84 Å². The van der Waals surface area contributed by atoms with Crippen LogP contribution < -0.4 is 15.5 Å². The zero-order valence-corrected chi connectivity index (χ0v) is 23.3. The van der Waals surface area contributed by atoms with Crippen LogP contribution in [0, 0.1) is 6.92 Å². The molecule has 0 aliphatic carbocycles. The van der Waals surface area contributed by atoms with Gasteiger partial charge in [-0.1, -0.05) is 12.1 Å². The van der Waals surface area contributed by atoms with Gasteiger partial charge in [0.25, 0.3) is 5.91 Å². The third kappa shape index (κ3) is 6.07. The van der Waals surface area contributed by atoms with Crippen LogP contribution in [0.1, 0.15) is 35.5 Å². The van der Waals surface area contributed by atoms with E-state index >= 15 is 0 Å². The number of carbonyl (C=O) groups excluding carboxylic acids is 1. The van der Waals surface area contributed by atoms with Crippen molar-refractivity contribution in [3.63, 3.8) is 0 Å². The van der Waals surface area contributed by atoms with Crippen molar-refractivity contribution < 1.29 is 13.2 Å². The molecule has 1 aromatic carbocycles. The largest absolute Gasteiger partial charge is 0.353 e. The van der Waals surface area contributed by atoms with Gasteiger partial charge in [-0.25, -0.2) is 18.4 Å². The van der Waals surface area contributed by atoms with Crippen molar-refractivity contribution in [1.82, 2.24) is 25.6 Å². The molecule has 4 heterocycles. The lowest BCUT2D eigenvalue weighted by atomic mass is 10.0. The van der Waals surface area contributed by atoms with Gasteiger partial charge >= 0.3 is 0 Å². The number of nitrogens with one attached hydrogen (secondary N) is 2. The zero-order valence-electron chi connectivity index (χ0n) is 22.5. The molecule has 1 fully saturated rings. The highest BCUT2D eigenvalue weighted by Crippen LogP contribution is 2.24. The first-order valence-electron chi connectivity index (χ1n) is 12.8. The molecule has 202 valence electrons. The highest BCUT2D eigenvalue weighted by atomic mass is 32.2. The molecule has 2 N–H and O–H groups in total. The molecule has 5 rings (SSSR count). The van der Waals surface area contributed by atoms with Gasteiger partial charge in [0.05, 0.1) is 34.0 Å². The fourth-order valence-electron chi connectivity index (χ4n) is 4.79. The maximum absolute atomic E-state index is 12.7. The van der Waals surface area contributed by atoms with Crippen LogP contribution >= 0.6 is 0 Å². The van der Waals surface area contributed by atoms with Gasteiger partial charge < -0.3 is 15.5 Å². The molecular weight excluding hydrogens is 512 g/mol. The molecule has 0 bridgehead atoms. The number of sulfone groups is 1. The summed E-state index contributed by atoms with van der Waals surface area (Å²) in [6, 6.07) is 16.4. The number of aryl methyl sites for hydroxylation is 1. The van der Waals surface area contributed by atoms with Gasteiger partial charge in [-0.15, -0.1) is 0 Å². The summed E-state index contributed by atoms with van der Waals surface area (Å²) in [5.41, 5.74) is 3.83. The van der Waals surface area contributed by atoms with Crippen molar-refractivity contribution in [1.29, 1.82) is 0 Å². The molecule has 0 radical (unpaired) electrons. The van der Waals surface area contributed by atoms with E-state index in [1.165, 1.54) is 6.07 Å².